The first-order valence-corrected chi connectivity index (χ1v) is 8.94. The lowest BCUT2D eigenvalue weighted by molar-refractivity contribution is -0.319. The molecule has 3 fully saturated rings. The van der Waals surface area contributed by atoms with Gasteiger partial charge in [-0.05, 0) is 25.0 Å². The molecule has 3 aliphatic heterocycles. The molecule has 7 nitrogen and oxygen atoms in total. The van der Waals surface area contributed by atoms with E-state index < -0.39 is 30.2 Å². The first kappa shape index (κ1) is 17.6. The standard InChI is InChI=1S/C19H22O7/c1-11-14(20)12(2)19(18-23-17(25-26-18)15(11)24-19)9-6-10-22-16(21)13-7-4-3-5-8-13/h3-5,7-8,11-12,15,17-18H,6,9-10H2,1-2H3/t11-,12+,15-,17-,18+,19-/m1/s1. The topological polar surface area (TPSA) is 80.3 Å². The summed E-state index contributed by atoms with van der Waals surface area (Å²) in [6.07, 6.45) is -0.920. The first-order chi connectivity index (χ1) is 12.5. The largest absolute Gasteiger partial charge is 0.462 e. The van der Waals surface area contributed by atoms with E-state index in [0.29, 0.717) is 18.4 Å². The molecule has 140 valence electrons. The third-order valence-electron chi connectivity index (χ3n) is 5.57. The van der Waals surface area contributed by atoms with Crippen LogP contribution in [0.5, 0.6) is 0 Å². The molecule has 3 saturated heterocycles. The second kappa shape index (κ2) is 6.74. The highest BCUT2D eigenvalue weighted by molar-refractivity contribution is 5.89. The molecule has 0 aromatic heterocycles. The van der Waals surface area contributed by atoms with Crippen LogP contribution < -0.4 is 0 Å². The third-order valence-corrected chi connectivity index (χ3v) is 5.57. The highest BCUT2D eigenvalue weighted by Crippen LogP contribution is 2.49. The highest BCUT2D eigenvalue weighted by Gasteiger charge is 2.65. The summed E-state index contributed by atoms with van der Waals surface area (Å²) in [5.74, 6) is -0.966. The summed E-state index contributed by atoms with van der Waals surface area (Å²) in [6.45, 7) is 3.87. The molecule has 0 aliphatic carbocycles. The minimum atomic E-state index is -0.916. The maximum Gasteiger partial charge on any atom is 0.338 e. The van der Waals surface area contributed by atoms with E-state index in [1.54, 1.807) is 24.3 Å². The Labute approximate surface area is 151 Å². The zero-order valence-corrected chi connectivity index (χ0v) is 14.8. The fraction of sp³-hybridized carbons (Fsp3) is 0.579. The van der Waals surface area contributed by atoms with Gasteiger partial charge >= 0.3 is 5.97 Å². The quantitative estimate of drug-likeness (QED) is 0.451. The van der Waals surface area contributed by atoms with E-state index in [9.17, 15) is 9.59 Å². The van der Waals surface area contributed by atoms with Crippen molar-refractivity contribution in [1.29, 1.82) is 0 Å². The molecular weight excluding hydrogens is 340 g/mol. The van der Waals surface area contributed by atoms with Crippen molar-refractivity contribution in [1.82, 2.24) is 0 Å². The molecule has 0 saturated carbocycles. The lowest BCUT2D eigenvalue weighted by atomic mass is 9.72. The molecule has 0 amide bonds. The summed E-state index contributed by atoms with van der Waals surface area (Å²) in [6, 6.07) is 8.82. The van der Waals surface area contributed by atoms with Crippen LogP contribution in [0, 0.1) is 11.8 Å². The number of rotatable bonds is 5. The molecule has 26 heavy (non-hydrogen) atoms. The van der Waals surface area contributed by atoms with Crippen molar-refractivity contribution >= 4 is 11.8 Å². The number of esters is 1. The maximum atomic E-state index is 12.7. The lowest BCUT2D eigenvalue weighted by Gasteiger charge is -2.51. The Kier molecular flexibility index (Phi) is 4.56. The Morgan fingerprint density at radius 2 is 1.96 bits per heavy atom. The third kappa shape index (κ3) is 2.75. The fourth-order valence-electron chi connectivity index (χ4n) is 3.97. The van der Waals surface area contributed by atoms with Crippen molar-refractivity contribution in [2.45, 2.75) is 51.0 Å². The van der Waals surface area contributed by atoms with E-state index >= 15 is 0 Å². The second-order valence-electron chi connectivity index (χ2n) is 7.08. The van der Waals surface area contributed by atoms with Crippen LogP contribution >= 0.6 is 0 Å². The number of benzene rings is 1. The molecule has 1 aromatic rings. The first-order valence-electron chi connectivity index (χ1n) is 8.94. The predicted octanol–water partition coefficient (Wildman–Crippen LogP) is 2.25. The molecule has 0 radical (unpaired) electrons. The molecule has 6 atom stereocenters. The number of hydrogen-bond acceptors (Lipinski definition) is 7. The van der Waals surface area contributed by atoms with Gasteiger partial charge in [0.05, 0.1) is 12.2 Å². The average Bonchev–Trinajstić information content (AvgIpc) is 3.11. The van der Waals surface area contributed by atoms with E-state index in [4.69, 9.17) is 24.0 Å². The minimum Gasteiger partial charge on any atom is -0.462 e. The average molecular weight is 362 g/mol. The Bertz CT molecular complexity index is 690. The van der Waals surface area contributed by atoms with E-state index in [0.717, 1.165) is 0 Å². The lowest BCUT2D eigenvalue weighted by Crippen LogP contribution is -2.66. The normalized spacial score (nSPS) is 38.2. The van der Waals surface area contributed by atoms with Gasteiger partial charge in [0.25, 0.3) is 0 Å². The highest BCUT2D eigenvalue weighted by atomic mass is 17.3. The van der Waals surface area contributed by atoms with Crippen molar-refractivity contribution in [3.63, 3.8) is 0 Å². The Morgan fingerprint density at radius 1 is 1.19 bits per heavy atom. The van der Waals surface area contributed by atoms with Crippen molar-refractivity contribution in [3.8, 4) is 0 Å². The van der Waals surface area contributed by atoms with Crippen LogP contribution in [0.1, 0.15) is 37.0 Å². The van der Waals surface area contributed by atoms with Crippen LogP contribution in [-0.4, -0.2) is 42.6 Å². The van der Waals surface area contributed by atoms with Gasteiger partial charge < -0.3 is 14.2 Å². The van der Waals surface area contributed by atoms with Crippen molar-refractivity contribution in [2.75, 3.05) is 6.61 Å². The summed E-state index contributed by atoms with van der Waals surface area (Å²) in [4.78, 5) is 35.2. The van der Waals surface area contributed by atoms with Gasteiger partial charge in [0.2, 0.25) is 12.6 Å². The molecule has 3 heterocycles. The predicted molar refractivity (Wildman–Crippen MR) is 87.7 cm³/mol. The molecule has 1 aromatic carbocycles. The molecule has 0 N–H and O–H groups in total. The summed E-state index contributed by atoms with van der Waals surface area (Å²) < 4.78 is 17.3. The monoisotopic (exact) mass is 362 g/mol. The molecule has 7 heteroatoms. The van der Waals surface area contributed by atoms with Crippen molar-refractivity contribution in [2.24, 2.45) is 11.8 Å². The van der Waals surface area contributed by atoms with Gasteiger partial charge in [-0.3, -0.25) is 4.79 Å². The summed E-state index contributed by atoms with van der Waals surface area (Å²) in [7, 11) is 0. The van der Waals surface area contributed by atoms with Gasteiger partial charge in [-0.25, -0.2) is 4.79 Å². The molecule has 3 aliphatic rings. The Morgan fingerprint density at radius 3 is 2.73 bits per heavy atom. The van der Waals surface area contributed by atoms with Gasteiger partial charge in [-0.15, -0.1) is 0 Å². The summed E-state index contributed by atoms with van der Waals surface area (Å²) in [5, 5.41) is 0. The smallest absolute Gasteiger partial charge is 0.338 e. The van der Waals surface area contributed by atoms with Crippen LogP contribution in [0.2, 0.25) is 0 Å². The molecule has 4 rings (SSSR count). The van der Waals surface area contributed by atoms with Crippen molar-refractivity contribution < 1.29 is 33.6 Å². The maximum absolute atomic E-state index is 12.7. The number of Topliss-reactive ketones (excluding diaryl/α,β-unsaturated/α-hetero) is 1. The van der Waals surface area contributed by atoms with Gasteiger partial charge in [-0.1, -0.05) is 32.0 Å². The molecule has 4 bridgehead atoms. The number of ketones is 1. The molecular formula is C19H22O7. The SMILES string of the molecule is C[C@@H]1C(=O)[C@H](C)[C@@]2(CCCOC(=O)c3ccccc3)O[C@H]1[C@H]1OO[C@@H]2O1. The summed E-state index contributed by atoms with van der Waals surface area (Å²) >= 11 is 0. The van der Waals surface area contributed by atoms with E-state index in [2.05, 4.69) is 0 Å². The number of ether oxygens (including phenoxy) is 3. The number of carbonyl (C=O) groups is 2. The Hall–Kier alpha value is -1.80. The number of carbonyl (C=O) groups excluding carboxylic acids is 2. The zero-order valence-electron chi connectivity index (χ0n) is 14.8. The fourth-order valence-corrected chi connectivity index (χ4v) is 3.97. The van der Waals surface area contributed by atoms with Gasteiger partial charge in [0.1, 0.15) is 17.5 Å². The van der Waals surface area contributed by atoms with E-state index in [-0.39, 0.29) is 24.3 Å². The van der Waals surface area contributed by atoms with E-state index in [1.165, 1.54) is 0 Å². The number of hydrogen-bond donors (Lipinski definition) is 0. The van der Waals surface area contributed by atoms with Gasteiger partial charge in [-0.2, -0.15) is 9.78 Å². The molecule has 0 spiro atoms. The van der Waals surface area contributed by atoms with Crippen LogP contribution in [0.25, 0.3) is 0 Å². The number of fused-ring (bicyclic) bond motifs is 6. The summed E-state index contributed by atoms with van der Waals surface area (Å²) in [5.41, 5.74) is -0.408. The van der Waals surface area contributed by atoms with Crippen LogP contribution in [0.4, 0.5) is 0 Å². The van der Waals surface area contributed by atoms with Gasteiger partial charge in [0, 0.05) is 11.8 Å². The molecule has 0 unspecified atom stereocenters. The second-order valence-corrected chi connectivity index (χ2v) is 7.08. The van der Waals surface area contributed by atoms with Crippen LogP contribution in [0.15, 0.2) is 30.3 Å². The van der Waals surface area contributed by atoms with Crippen LogP contribution in [0.3, 0.4) is 0 Å². The van der Waals surface area contributed by atoms with Gasteiger partial charge in [0.15, 0.2) is 0 Å². The Balaban J connectivity index is 1.40. The van der Waals surface area contributed by atoms with E-state index in [1.807, 2.05) is 19.9 Å². The minimum absolute atomic E-state index is 0.120. The van der Waals surface area contributed by atoms with Crippen LogP contribution in [-0.2, 0) is 28.8 Å². The van der Waals surface area contributed by atoms with Crippen molar-refractivity contribution in [3.05, 3.63) is 35.9 Å². The zero-order chi connectivity index (χ0) is 18.3.